The first-order chi connectivity index (χ1) is 10.8. The minimum Gasteiger partial charge on any atom is -0.394 e. The Labute approximate surface area is 130 Å². The zero-order valence-electron chi connectivity index (χ0n) is 12.0. The summed E-state index contributed by atoms with van der Waals surface area (Å²) in [5.74, 6) is 0. The normalized spacial score (nSPS) is 51.7. The summed E-state index contributed by atoms with van der Waals surface area (Å²) in [7, 11) is 0. The predicted molar refractivity (Wildman–Crippen MR) is 68.6 cm³/mol. The Bertz CT molecular complexity index is 378. The first kappa shape index (κ1) is 18.9. The van der Waals surface area contributed by atoms with Crippen molar-refractivity contribution >= 4 is 0 Å². The highest BCUT2D eigenvalue weighted by Gasteiger charge is 2.50. The predicted octanol–water partition coefficient (Wildman–Crippen LogP) is -5.40. The van der Waals surface area contributed by atoms with E-state index in [0.29, 0.717) is 0 Å². The van der Waals surface area contributed by atoms with Crippen molar-refractivity contribution in [2.45, 2.75) is 61.4 Å². The molecule has 0 aromatic rings. The molecule has 11 heteroatoms. The van der Waals surface area contributed by atoms with E-state index < -0.39 is 74.6 Å². The number of hydrogen-bond donors (Lipinski definition) is 8. The van der Waals surface area contributed by atoms with Gasteiger partial charge in [-0.25, -0.2) is 0 Å². The van der Waals surface area contributed by atoms with Gasteiger partial charge in [0.2, 0.25) is 0 Å². The van der Waals surface area contributed by atoms with E-state index in [-0.39, 0.29) is 0 Å². The Morgan fingerprint density at radius 2 is 1.26 bits per heavy atom. The van der Waals surface area contributed by atoms with Crippen molar-refractivity contribution in [2.24, 2.45) is 0 Å². The van der Waals surface area contributed by atoms with Crippen LogP contribution in [0, 0.1) is 0 Å². The topological polar surface area (TPSA) is 190 Å². The molecule has 0 bridgehead atoms. The van der Waals surface area contributed by atoms with Gasteiger partial charge in [-0.05, 0) is 0 Å². The fourth-order valence-corrected chi connectivity index (χ4v) is 2.57. The lowest BCUT2D eigenvalue weighted by Gasteiger charge is -2.45. The molecule has 0 aliphatic carbocycles. The Morgan fingerprint density at radius 3 is 1.83 bits per heavy atom. The summed E-state index contributed by atoms with van der Waals surface area (Å²) in [5, 5.41) is 76.5. The molecule has 0 spiro atoms. The molecule has 2 rings (SSSR count). The summed E-state index contributed by atoms with van der Waals surface area (Å²) in [4.78, 5) is 0. The zero-order chi connectivity index (χ0) is 17.3. The molecular weight excluding hydrogens is 320 g/mol. The molecule has 0 amide bonds. The molecule has 8 N–H and O–H groups in total. The van der Waals surface area contributed by atoms with E-state index >= 15 is 0 Å². The van der Waals surface area contributed by atoms with Crippen molar-refractivity contribution in [1.29, 1.82) is 0 Å². The Balaban J connectivity index is 2.11. The SMILES string of the molecule is OC[C@@H]1O[C@H](O[C@H]2[C@@H](O)[C@@H](O)[C@H](O)O[C@H]2CO)[C@@H](O)[C@H](O)[C@H]1O. The third-order valence-electron chi connectivity index (χ3n) is 3.98. The number of hydrogen-bond acceptors (Lipinski definition) is 11. The van der Waals surface area contributed by atoms with Crippen molar-refractivity contribution in [1.82, 2.24) is 0 Å². The lowest BCUT2D eigenvalue weighted by Crippen LogP contribution is -2.64. The summed E-state index contributed by atoms with van der Waals surface area (Å²) in [6, 6.07) is 0. The monoisotopic (exact) mass is 342 g/mol. The molecule has 2 aliphatic heterocycles. The van der Waals surface area contributed by atoms with Gasteiger partial charge in [-0.1, -0.05) is 0 Å². The Morgan fingerprint density at radius 1 is 0.652 bits per heavy atom. The fraction of sp³-hybridized carbons (Fsp3) is 1.00. The molecule has 10 atom stereocenters. The smallest absolute Gasteiger partial charge is 0.187 e. The highest BCUT2D eigenvalue weighted by Crippen LogP contribution is 2.28. The van der Waals surface area contributed by atoms with Crippen LogP contribution in [0.5, 0.6) is 0 Å². The molecule has 11 nitrogen and oxygen atoms in total. The maximum absolute atomic E-state index is 9.94. The molecule has 0 saturated carbocycles. The maximum atomic E-state index is 9.94. The van der Waals surface area contributed by atoms with Gasteiger partial charge in [0.1, 0.15) is 48.8 Å². The maximum Gasteiger partial charge on any atom is 0.187 e. The van der Waals surface area contributed by atoms with Gasteiger partial charge in [0.05, 0.1) is 13.2 Å². The number of aliphatic hydroxyl groups is 8. The van der Waals surface area contributed by atoms with Crippen molar-refractivity contribution in [3.8, 4) is 0 Å². The lowest BCUT2D eigenvalue weighted by atomic mass is 9.97. The molecule has 0 unspecified atom stereocenters. The van der Waals surface area contributed by atoms with Crippen LogP contribution in [0.2, 0.25) is 0 Å². The van der Waals surface area contributed by atoms with Gasteiger partial charge in [-0.3, -0.25) is 0 Å². The minimum absolute atomic E-state index is 0.667. The lowest BCUT2D eigenvalue weighted by molar-refractivity contribution is -0.355. The first-order valence-electron chi connectivity index (χ1n) is 7.08. The largest absolute Gasteiger partial charge is 0.394 e. The van der Waals surface area contributed by atoms with Gasteiger partial charge in [0.25, 0.3) is 0 Å². The standard InChI is InChI=1S/C12H22O11/c13-1-3-5(15)6(16)9(19)12(22-3)23-10-4(2-14)21-11(20)8(18)7(10)17/h3-20H,1-2H2/t3-,4-,5-,6+,7-,8+,9-,10+,11+,12+/m0/s1. The molecule has 136 valence electrons. The molecule has 2 aliphatic rings. The van der Waals surface area contributed by atoms with Crippen molar-refractivity contribution in [3.05, 3.63) is 0 Å². The van der Waals surface area contributed by atoms with E-state index in [0.717, 1.165) is 0 Å². The van der Waals surface area contributed by atoms with Gasteiger partial charge in [-0.2, -0.15) is 0 Å². The average molecular weight is 342 g/mol. The van der Waals surface area contributed by atoms with E-state index in [1.165, 1.54) is 0 Å². The molecule has 0 aromatic heterocycles. The molecule has 0 radical (unpaired) electrons. The molecule has 2 fully saturated rings. The van der Waals surface area contributed by atoms with Gasteiger partial charge < -0.3 is 55.1 Å². The van der Waals surface area contributed by atoms with Crippen LogP contribution in [0.15, 0.2) is 0 Å². The van der Waals surface area contributed by atoms with Crippen LogP contribution in [0.25, 0.3) is 0 Å². The zero-order valence-corrected chi connectivity index (χ0v) is 12.0. The highest BCUT2D eigenvalue weighted by atomic mass is 16.7. The quantitative estimate of drug-likeness (QED) is 0.243. The van der Waals surface area contributed by atoms with Crippen molar-refractivity contribution in [2.75, 3.05) is 13.2 Å². The number of rotatable bonds is 4. The Hall–Kier alpha value is -0.440. The van der Waals surface area contributed by atoms with Gasteiger partial charge >= 0.3 is 0 Å². The van der Waals surface area contributed by atoms with Crippen molar-refractivity contribution in [3.63, 3.8) is 0 Å². The van der Waals surface area contributed by atoms with E-state index in [1.807, 2.05) is 0 Å². The van der Waals surface area contributed by atoms with E-state index in [2.05, 4.69) is 0 Å². The second-order valence-electron chi connectivity index (χ2n) is 5.53. The van der Waals surface area contributed by atoms with Crippen LogP contribution in [-0.2, 0) is 14.2 Å². The van der Waals surface area contributed by atoms with E-state index in [9.17, 15) is 35.7 Å². The van der Waals surface area contributed by atoms with Crippen LogP contribution >= 0.6 is 0 Å². The average Bonchev–Trinajstić information content (AvgIpc) is 2.55. The van der Waals surface area contributed by atoms with E-state index in [1.54, 1.807) is 0 Å². The molecule has 2 saturated heterocycles. The van der Waals surface area contributed by atoms with Gasteiger partial charge in [0, 0.05) is 0 Å². The minimum atomic E-state index is -1.74. The molecule has 0 aromatic carbocycles. The van der Waals surface area contributed by atoms with Crippen LogP contribution in [0.4, 0.5) is 0 Å². The van der Waals surface area contributed by atoms with Gasteiger partial charge in [0.15, 0.2) is 12.6 Å². The molecule has 23 heavy (non-hydrogen) atoms. The second kappa shape index (κ2) is 7.63. The second-order valence-corrected chi connectivity index (χ2v) is 5.53. The Kier molecular flexibility index (Phi) is 6.27. The van der Waals surface area contributed by atoms with Crippen LogP contribution in [-0.4, -0.2) is 115 Å². The summed E-state index contributed by atoms with van der Waals surface area (Å²) < 4.78 is 15.3. The molecular formula is C12H22O11. The summed E-state index contributed by atoms with van der Waals surface area (Å²) in [5.41, 5.74) is 0. The molecule has 2 heterocycles. The van der Waals surface area contributed by atoms with Crippen LogP contribution in [0.1, 0.15) is 0 Å². The number of ether oxygens (including phenoxy) is 3. The summed E-state index contributed by atoms with van der Waals surface area (Å²) in [6.07, 6.45) is -15.6. The third-order valence-corrected chi connectivity index (χ3v) is 3.98. The summed E-state index contributed by atoms with van der Waals surface area (Å²) in [6.45, 7) is -1.35. The van der Waals surface area contributed by atoms with Gasteiger partial charge in [-0.15, -0.1) is 0 Å². The van der Waals surface area contributed by atoms with Crippen LogP contribution in [0.3, 0.4) is 0 Å². The summed E-state index contributed by atoms with van der Waals surface area (Å²) >= 11 is 0. The number of aliphatic hydroxyl groups excluding tert-OH is 8. The first-order valence-corrected chi connectivity index (χ1v) is 7.08. The fourth-order valence-electron chi connectivity index (χ4n) is 2.57. The van der Waals surface area contributed by atoms with Crippen LogP contribution < -0.4 is 0 Å². The highest BCUT2D eigenvalue weighted by molar-refractivity contribution is 4.93. The third kappa shape index (κ3) is 3.65. The van der Waals surface area contributed by atoms with E-state index in [4.69, 9.17) is 19.3 Å². The van der Waals surface area contributed by atoms with Crippen molar-refractivity contribution < 1.29 is 55.1 Å².